The summed E-state index contributed by atoms with van der Waals surface area (Å²) in [7, 11) is 0. The zero-order chi connectivity index (χ0) is 15.2. The fourth-order valence-electron chi connectivity index (χ4n) is 2.70. The van der Waals surface area contributed by atoms with Crippen molar-refractivity contribution >= 4 is 5.91 Å². The molecule has 1 atom stereocenters. The second kappa shape index (κ2) is 7.03. The summed E-state index contributed by atoms with van der Waals surface area (Å²) in [6, 6.07) is 16.0. The molecule has 0 N–H and O–H groups in total. The molecule has 2 aromatic rings. The van der Waals surface area contributed by atoms with Gasteiger partial charge in [-0.05, 0) is 37.0 Å². The highest BCUT2D eigenvalue weighted by Crippen LogP contribution is 2.19. The van der Waals surface area contributed by atoms with E-state index in [1.165, 1.54) is 5.56 Å². The summed E-state index contributed by atoms with van der Waals surface area (Å²) in [5.74, 6) is 0.0349. The Bertz CT molecular complexity index is 728. The number of carbonyl (C=O) groups is 1. The molecule has 0 aliphatic heterocycles. The van der Waals surface area contributed by atoms with Gasteiger partial charge in [-0.1, -0.05) is 48.6 Å². The van der Waals surface area contributed by atoms with E-state index in [4.69, 9.17) is 0 Å². The highest BCUT2D eigenvalue weighted by Gasteiger charge is 2.17. The van der Waals surface area contributed by atoms with E-state index < -0.39 is 0 Å². The van der Waals surface area contributed by atoms with Crippen molar-refractivity contribution in [2.45, 2.75) is 25.8 Å². The third kappa shape index (κ3) is 3.61. The fourth-order valence-corrected chi connectivity index (χ4v) is 2.70. The predicted octanol–water partition coefficient (Wildman–Crippen LogP) is 3.32. The van der Waals surface area contributed by atoms with Crippen molar-refractivity contribution in [1.29, 1.82) is 0 Å². The van der Waals surface area contributed by atoms with Gasteiger partial charge >= 0.3 is 0 Å². The minimum absolute atomic E-state index is 0.00244. The van der Waals surface area contributed by atoms with Crippen molar-refractivity contribution in [3.8, 4) is 0 Å². The molecule has 0 saturated heterocycles. The molecule has 112 valence electrons. The van der Waals surface area contributed by atoms with Crippen LogP contribution in [0.4, 0.5) is 0 Å². The molecule has 1 unspecified atom stereocenters. The largest absolute Gasteiger partial charge is 0.328 e. The Kier molecular flexibility index (Phi) is 4.64. The number of hydrogen-bond donors (Lipinski definition) is 0. The molecule has 22 heavy (non-hydrogen) atoms. The van der Waals surface area contributed by atoms with E-state index in [0.29, 0.717) is 0 Å². The first kappa shape index (κ1) is 14.5. The smallest absolute Gasteiger partial charge is 0.251 e. The van der Waals surface area contributed by atoms with Gasteiger partial charge < -0.3 is 4.57 Å². The van der Waals surface area contributed by atoms with Crippen molar-refractivity contribution in [1.82, 2.24) is 4.57 Å². The Morgan fingerprint density at radius 1 is 1.09 bits per heavy atom. The van der Waals surface area contributed by atoms with E-state index in [9.17, 15) is 4.79 Å². The van der Waals surface area contributed by atoms with Crippen molar-refractivity contribution in [2.75, 3.05) is 0 Å². The van der Waals surface area contributed by atoms with Gasteiger partial charge in [0.2, 0.25) is 0 Å². The molecule has 1 heterocycles. The number of pyridine rings is 1. The maximum absolute atomic E-state index is 12.4. The molecular formula is C19H20N2O. The van der Waals surface area contributed by atoms with Crippen LogP contribution in [-0.2, 0) is 11.3 Å². The number of rotatable bonds is 3. The molecule has 1 aliphatic rings. The first-order valence-corrected chi connectivity index (χ1v) is 7.76. The predicted molar refractivity (Wildman–Crippen MR) is 87.0 cm³/mol. The first-order chi connectivity index (χ1) is 10.8. The highest BCUT2D eigenvalue weighted by molar-refractivity contribution is 5.79. The summed E-state index contributed by atoms with van der Waals surface area (Å²) in [6.07, 6.45) is 8.90. The summed E-state index contributed by atoms with van der Waals surface area (Å²) in [5.41, 5.74) is 1.93. The van der Waals surface area contributed by atoms with Crippen LogP contribution in [0.3, 0.4) is 0 Å². The lowest BCUT2D eigenvalue weighted by molar-refractivity contribution is -0.122. The zero-order valence-corrected chi connectivity index (χ0v) is 12.6. The van der Waals surface area contributed by atoms with Gasteiger partial charge in [-0.2, -0.15) is 4.99 Å². The molecule has 1 aromatic heterocycles. The van der Waals surface area contributed by atoms with E-state index >= 15 is 0 Å². The Balaban J connectivity index is 1.85. The lowest BCUT2D eigenvalue weighted by Crippen LogP contribution is -2.24. The maximum atomic E-state index is 12.4. The van der Waals surface area contributed by atoms with E-state index in [-0.39, 0.29) is 11.8 Å². The van der Waals surface area contributed by atoms with Crippen LogP contribution in [-0.4, -0.2) is 10.5 Å². The second-order valence-corrected chi connectivity index (χ2v) is 5.60. The van der Waals surface area contributed by atoms with Gasteiger partial charge in [0, 0.05) is 18.7 Å². The minimum atomic E-state index is -0.00244. The SMILES string of the molecule is O=C(N=c1ccccn1Cc1ccccc1)C1CC=CCC1. The number of benzene rings is 1. The van der Waals surface area contributed by atoms with Crippen LogP contribution in [0.15, 0.2) is 71.9 Å². The average molecular weight is 292 g/mol. The van der Waals surface area contributed by atoms with Crippen LogP contribution in [0.5, 0.6) is 0 Å². The number of nitrogens with zero attached hydrogens (tertiary/aromatic N) is 2. The summed E-state index contributed by atoms with van der Waals surface area (Å²) < 4.78 is 2.02. The summed E-state index contributed by atoms with van der Waals surface area (Å²) in [5, 5.41) is 0. The fraction of sp³-hybridized carbons (Fsp3) is 0.263. The lowest BCUT2D eigenvalue weighted by Gasteiger charge is -2.14. The van der Waals surface area contributed by atoms with E-state index in [2.05, 4.69) is 29.3 Å². The molecule has 3 nitrogen and oxygen atoms in total. The molecule has 1 aliphatic carbocycles. The van der Waals surface area contributed by atoms with Gasteiger partial charge in [0.1, 0.15) is 5.49 Å². The molecule has 0 saturated carbocycles. The number of allylic oxidation sites excluding steroid dienone is 2. The van der Waals surface area contributed by atoms with Crippen LogP contribution < -0.4 is 5.49 Å². The molecule has 0 fully saturated rings. The molecule has 0 radical (unpaired) electrons. The maximum Gasteiger partial charge on any atom is 0.251 e. The second-order valence-electron chi connectivity index (χ2n) is 5.60. The molecule has 0 spiro atoms. The lowest BCUT2D eigenvalue weighted by atomic mass is 9.94. The molecule has 1 amide bonds. The monoisotopic (exact) mass is 292 g/mol. The van der Waals surface area contributed by atoms with Crippen LogP contribution in [0, 0.1) is 5.92 Å². The van der Waals surface area contributed by atoms with Gasteiger partial charge in [-0.15, -0.1) is 0 Å². The van der Waals surface area contributed by atoms with Crippen LogP contribution in [0.1, 0.15) is 24.8 Å². The van der Waals surface area contributed by atoms with Gasteiger partial charge in [0.05, 0.1) is 0 Å². The topological polar surface area (TPSA) is 34.4 Å². The third-order valence-electron chi connectivity index (χ3n) is 3.96. The first-order valence-electron chi connectivity index (χ1n) is 7.76. The molecular weight excluding hydrogens is 272 g/mol. The Morgan fingerprint density at radius 3 is 2.68 bits per heavy atom. The molecule has 1 aromatic carbocycles. The molecule has 0 bridgehead atoms. The summed E-state index contributed by atoms with van der Waals surface area (Å²) in [4.78, 5) is 16.7. The van der Waals surface area contributed by atoms with Crippen molar-refractivity contribution in [2.24, 2.45) is 10.9 Å². The van der Waals surface area contributed by atoms with Gasteiger partial charge in [0.15, 0.2) is 0 Å². The molecule has 3 rings (SSSR count). The Morgan fingerprint density at radius 2 is 1.91 bits per heavy atom. The zero-order valence-electron chi connectivity index (χ0n) is 12.6. The van der Waals surface area contributed by atoms with Crippen LogP contribution >= 0.6 is 0 Å². The normalized spacial score (nSPS) is 18.4. The van der Waals surface area contributed by atoms with Gasteiger partial charge in [-0.3, -0.25) is 4.79 Å². The number of aromatic nitrogens is 1. The average Bonchev–Trinajstić information content (AvgIpc) is 2.58. The van der Waals surface area contributed by atoms with E-state index in [0.717, 1.165) is 31.3 Å². The van der Waals surface area contributed by atoms with E-state index in [1.54, 1.807) is 0 Å². The van der Waals surface area contributed by atoms with Crippen molar-refractivity contribution in [3.05, 3.63) is 77.9 Å². The van der Waals surface area contributed by atoms with Crippen LogP contribution in [0.2, 0.25) is 0 Å². The Labute approximate surface area is 130 Å². The van der Waals surface area contributed by atoms with Gasteiger partial charge in [-0.25, -0.2) is 0 Å². The number of hydrogen-bond acceptors (Lipinski definition) is 1. The quantitative estimate of drug-likeness (QED) is 0.799. The standard InChI is InChI=1S/C19H20N2O/c22-19(17-11-5-2-6-12-17)20-18-13-7-8-14-21(18)15-16-9-3-1-4-10-16/h1-5,7-10,13-14,17H,6,11-12,15H2. The highest BCUT2D eigenvalue weighted by atomic mass is 16.1. The summed E-state index contributed by atoms with van der Waals surface area (Å²) >= 11 is 0. The van der Waals surface area contributed by atoms with E-state index in [1.807, 2.05) is 47.2 Å². The number of amides is 1. The third-order valence-corrected chi connectivity index (χ3v) is 3.96. The van der Waals surface area contributed by atoms with Crippen molar-refractivity contribution < 1.29 is 4.79 Å². The minimum Gasteiger partial charge on any atom is -0.328 e. The van der Waals surface area contributed by atoms with Gasteiger partial charge in [0.25, 0.3) is 5.91 Å². The van der Waals surface area contributed by atoms with Crippen molar-refractivity contribution in [3.63, 3.8) is 0 Å². The summed E-state index contributed by atoms with van der Waals surface area (Å²) in [6.45, 7) is 0.721. The Hall–Kier alpha value is -2.42. The molecule has 3 heteroatoms. The number of carbonyl (C=O) groups excluding carboxylic acids is 1. The van der Waals surface area contributed by atoms with Crippen LogP contribution in [0.25, 0.3) is 0 Å².